The number of aromatic carboxylic acids is 1. The van der Waals surface area contributed by atoms with Crippen LogP contribution in [0.2, 0.25) is 0 Å². The number of hydrogen-bond donors (Lipinski definition) is 2. The van der Waals surface area contributed by atoms with Crippen LogP contribution in [0.5, 0.6) is 5.75 Å². The second-order valence-electron chi connectivity index (χ2n) is 5.60. The zero-order valence-electron chi connectivity index (χ0n) is 13.8. The van der Waals surface area contributed by atoms with Crippen molar-refractivity contribution in [2.45, 2.75) is 19.8 Å². The predicted molar refractivity (Wildman–Crippen MR) is 91.6 cm³/mol. The summed E-state index contributed by atoms with van der Waals surface area (Å²) in [7, 11) is 1.58. The average Bonchev–Trinajstić information content (AvgIpc) is 2.55. The number of nitrogens with one attached hydrogen (secondary N) is 1. The monoisotopic (exact) mass is 327 g/mol. The van der Waals surface area contributed by atoms with Crippen molar-refractivity contribution in [1.29, 1.82) is 0 Å². The first-order valence-electron chi connectivity index (χ1n) is 7.72. The van der Waals surface area contributed by atoms with Crippen molar-refractivity contribution >= 4 is 11.9 Å². The molecule has 0 heterocycles. The molecule has 2 rings (SSSR count). The van der Waals surface area contributed by atoms with Crippen molar-refractivity contribution in [2.75, 3.05) is 13.7 Å². The third kappa shape index (κ3) is 4.84. The fourth-order valence-corrected chi connectivity index (χ4v) is 2.49. The molecule has 2 N–H and O–H groups in total. The number of ether oxygens (including phenoxy) is 1. The molecule has 0 bridgehead atoms. The van der Waals surface area contributed by atoms with Gasteiger partial charge in [0.15, 0.2) is 0 Å². The summed E-state index contributed by atoms with van der Waals surface area (Å²) in [5, 5.41) is 11.8. The van der Waals surface area contributed by atoms with E-state index < -0.39 is 5.97 Å². The van der Waals surface area contributed by atoms with Gasteiger partial charge in [-0.25, -0.2) is 4.79 Å². The first kappa shape index (κ1) is 17.5. The van der Waals surface area contributed by atoms with Gasteiger partial charge in [0.25, 0.3) is 0 Å². The molecule has 0 radical (unpaired) electrons. The van der Waals surface area contributed by atoms with Gasteiger partial charge in [-0.1, -0.05) is 29.8 Å². The van der Waals surface area contributed by atoms with Crippen LogP contribution in [0.25, 0.3) is 0 Å². The smallest absolute Gasteiger partial charge is 0.335 e. The lowest BCUT2D eigenvalue weighted by Gasteiger charge is -2.10. The minimum absolute atomic E-state index is 0.0895. The lowest BCUT2D eigenvalue weighted by molar-refractivity contribution is -0.120. The van der Waals surface area contributed by atoms with Crippen molar-refractivity contribution in [3.05, 3.63) is 64.7 Å². The normalized spacial score (nSPS) is 10.2. The van der Waals surface area contributed by atoms with E-state index in [2.05, 4.69) is 5.32 Å². The number of methoxy groups -OCH3 is 1. The molecule has 24 heavy (non-hydrogen) atoms. The maximum atomic E-state index is 12.1. The predicted octanol–water partition coefficient (Wildman–Crippen LogP) is 2.60. The standard InChI is InChI=1S/C19H21NO4/c1-13-6-7-17(24-2)16(10-13)12-18(21)20-9-8-14-4-3-5-15(11-14)19(22)23/h3-7,10-11H,8-9,12H2,1-2H3,(H,20,21)(H,22,23). The van der Waals surface area contributed by atoms with Crippen LogP contribution in [0.4, 0.5) is 0 Å². The molecule has 0 fully saturated rings. The van der Waals surface area contributed by atoms with E-state index in [1.165, 1.54) is 0 Å². The summed E-state index contributed by atoms with van der Waals surface area (Å²) in [4.78, 5) is 23.0. The van der Waals surface area contributed by atoms with E-state index >= 15 is 0 Å². The quantitative estimate of drug-likeness (QED) is 0.819. The Morgan fingerprint density at radius 3 is 2.67 bits per heavy atom. The molecule has 1 amide bonds. The van der Waals surface area contributed by atoms with Crippen LogP contribution in [-0.4, -0.2) is 30.6 Å². The number of rotatable bonds is 7. The molecule has 5 heteroatoms. The van der Waals surface area contributed by atoms with Crippen LogP contribution in [0.1, 0.15) is 27.0 Å². The van der Waals surface area contributed by atoms with E-state index in [9.17, 15) is 9.59 Å². The van der Waals surface area contributed by atoms with E-state index in [4.69, 9.17) is 9.84 Å². The topological polar surface area (TPSA) is 75.6 Å². The molecule has 0 aliphatic carbocycles. The summed E-state index contributed by atoms with van der Waals surface area (Å²) in [6, 6.07) is 12.5. The fraction of sp³-hybridized carbons (Fsp3) is 0.263. The summed E-state index contributed by atoms with van der Waals surface area (Å²) in [6.07, 6.45) is 0.831. The minimum Gasteiger partial charge on any atom is -0.496 e. The van der Waals surface area contributed by atoms with Crippen molar-refractivity contribution < 1.29 is 19.4 Å². The molecular weight excluding hydrogens is 306 g/mol. The van der Waals surface area contributed by atoms with Gasteiger partial charge >= 0.3 is 5.97 Å². The molecule has 2 aromatic carbocycles. The lowest BCUT2D eigenvalue weighted by atomic mass is 10.1. The molecule has 2 aromatic rings. The van der Waals surface area contributed by atoms with Gasteiger partial charge in [0.05, 0.1) is 19.1 Å². The van der Waals surface area contributed by atoms with Crippen LogP contribution in [0.15, 0.2) is 42.5 Å². The Morgan fingerprint density at radius 1 is 1.17 bits per heavy atom. The summed E-state index contributed by atoms with van der Waals surface area (Å²) in [6.45, 7) is 2.42. The Hall–Kier alpha value is -2.82. The second kappa shape index (κ2) is 8.15. The summed E-state index contributed by atoms with van der Waals surface area (Å²) in [5.41, 5.74) is 3.05. The summed E-state index contributed by atoms with van der Waals surface area (Å²) in [5.74, 6) is -0.342. The largest absolute Gasteiger partial charge is 0.496 e. The van der Waals surface area contributed by atoms with Crippen LogP contribution < -0.4 is 10.1 Å². The highest BCUT2D eigenvalue weighted by Gasteiger charge is 2.09. The average molecular weight is 327 g/mol. The zero-order chi connectivity index (χ0) is 17.5. The number of benzene rings is 2. The highest BCUT2D eigenvalue weighted by molar-refractivity contribution is 5.87. The van der Waals surface area contributed by atoms with Crippen LogP contribution in [-0.2, 0) is 17.6 Å². The highest BCUT2D eigenvalue weighted by atomic mass is 16.5. The first-order chi connectivity index (χ1) is 11.5. The number of aryl methyl sites for hydroxylation is 1. The molecule has 0 atom stereocenters. The molecule has 0 saturated heterocycles. The number of carbonyl (C=O) groups excluding carboxylic acids is 1. The van der Waals surface area contributed by atoms with Crippen molar-refractivity contribution in [3.8, 4) is 5.75 Å². The van der Waals surface area contributed by atoms with E-state index in [1.54, 1.807) is 25.3 Å². The molecular formula is C19H21NO4. The number of hydrogen-bond acceptors (Lipinski definition) is 3. The van der Waals surface area contributed by atoms with Crippen LogP contribution in [0.3, 0.4) is 0 Å². The Balaban J connectivity index is 1.89. The fourth-order valence-electron chi connectivity index (χ4n) is 2.49. The SMILES string of the molecule is COc1ccc(C)cc1CC(=O)NCCc1cccc(C(=O)O)c1. The van der Waals surface area contributed by atoms with Crippen molar-refractivity contribution in [3.63, 3.8) is 0 Å². The summed E-state index contributed by atoms with van der Waals surface area (Å²) >= 11 is 0. The molecule has 0 aliphatic rings. The van der Waals surface area contributed by atoms with Gasteiger partial charge in [0.2, 0.25) is 5.91 Å². The van der Waals surface area contributed by atoms with Gasteiger partial charge < -0.3 is 15.2 Å². The van der Waals surface area contributed by atoms with Crippen LogP contribution >= 0.6 is 0 Å². The number of carboxylic acids is 1. The molecule has 0 aromatic heterocycles. The lowest BCUT2D eigenvalue weighted by Crippen LogP contribution is -2.27. The van der Waals surface area contributed by atoms with Gasteiger partial charge in [-0.3, -0.25) is 4.79 Å². The highest BCUT2D eigenvalue weighted by Crippen LogP contribution is 2.20. The van der Waals surface area contributed by atoms with Gasteiger partial charge in [0.1, 0.15) is 5.75 Å². The first-order valence-corrected chi connectivity index (χ1v) is 7.72. The minimum atomic E-state index is -0.951. The molecule has 0 saturated carbocycles. The van der Waals surface area contributed by atoms with Gasteiger partial charge in [-0.2, -0.15) is 0 Å². The van der Waals surface area contributed by atoms with Crippen molar-refractivity contribution in [2.24, 2.45) is 0 Å². The maximum absolute atomic E-state index is 12.1. The Bertz CT molecular complexity index is 740. The molecule has 0 aliphatic heterocycles. The Labute approximate surface area is 141 Å². The summed E-state index contributed by atoms with van der Waals surface area (Å²) < 4.78 is 5.27. The third-order valence-electron chi connectivity index (χ3n) is 3.70. The van der Waals surface area contributed by atoms with Crippen LogP contribution in [0, 0.1) is 6.92 Å². The zero-order valence-corrected chi connectivity index (χ0v) is 13.8. The third-order valence-corrected chi connectivity index (χ3v) is 3.70. The molecule has 0 spiro atoms. The van der Waals surface area contributed by atoms with E-state index in [0.717, 1.165) is 16.7 Å². The van der Waals surface area contributed by atoms with Gasteiger partial charge in [-0.15, -0.1) is 0 Å². The van der Waals surface area contributed by atoms with Crippen molar-refractivity contribution in [1.82, 2.24) is 5.32 Å². The van der Waals surface area contributed by atoms with Gasteiger partial charge in [0, 0.05) is 12.1 Å². The number of carboxylic acid groups (broad SMARTS) is 1. The number of carbonyl (C=O) groups is 2. The molecule has 126 valence electrons. The number of amides is 1. The second-order valence-corrected chi connectivity index (χ2v) is 5.60. The Morgan fingerprint density at radius 2 is 1.96 bits per heavy atom. The van der Waals surface area contributed by atoms with E-state index in [1.807, 2.05) is 31.2 Å². The van der Waals surface area contributed by atoms with E-state index in [-0.39, 0.29) is 17.9 Å². The maximum Gasteiger partial charge on any atom is 0.335 e. The Kier molecular flexibility index (Phi) is 5.95. The molecule has 0 unspecified atom stereocenters. The molecule has 5 nitrogen and oxygen atoms in total. The van der Waals surface area contributed by atoms with Gasteiger partial charge in [-0.05, 0) is 37.1 Å². The van der Waals surface area contributed by atoms with E-state index in [0.29, 0.717) is 18.7 Å².